The normalized spacial score (nSPS) is 28.7. The zero-order valence-corrected chi connectivity index (χ0v) is 25.2. The predicted octanol–water partition coefficient (Wildman–Crippen LogP) is 4.59. The van der Waals surface area contributed by atoms with Crippen LogP contribution in [0.1, 0.15) is 72.8 Å². The summed E-state index contributed by atoms with van der Waals surface area (Å²) < 4.78 is 88.6. The summed E-state index contributed by atoms with van der Waals surface area (Å²) in [6.45, 7) is 1.18. The number of halogens is 5. The lowest BCUT2D eigenvalue weighted by Crippen LogP contribution is -2.56. The van der Waals surface area contributed by atoms with E-state index in [4.69, 9.17) is 14.0 Å². The minimum atomic E-state index is -2.92. The lowest BCUT2D eigenvalue weighted by molar-refractivity contribution is -0.186. The molecule has 0 bridgehead atoms. The quantitative estimate of drug-likeness (QED) is 0.221. The van der Waals surface area contributed by atoms with Gasteiger partial charge in [0.15, 0.2) is 17.5 Å². The molecule has 2 aromatic heterocycles. The van der Waals surface area contributed by atoms with Gasteiger partial charge in [-0.1, -0.05) is 10.4 Å². The summed E-state index contributed by atoms with van der Waals surface area (Å²) in [5, 5.41) is 44.6. The Morgan fingerprint density at radius 1 is 1.13 bits per heavy atom. The highest BCUT2D eigenvalue weighted by molar-refractivity contribution is 8.00. The summed E-state index contributed by atoms with van der Waals surface area (Å²) in [7, 11) is 1.35. The van der Waals surface area contributed by atoms with Crippen LogP contribution >= 0.6 is 11.8 Å². The number of aromatic nitrogens is 4. The molecule has 1 aliphatic heterocycles. The Morgan fingerprint density at radius 2 is 1.80 bits per heavy atom. The number of rotatable bonds is 9. The number of benzene rings is 1. The van der Waals surface area contributed by atoms with Gasteiger partial charge in [0.05, 0.1) is 23.7 Å². The Balaban J connectivity index is 1.35. The molecule has 3 fully saturated rings. The van der Waals surface area contributed by atoms with Gasteiger partial charge in [0.1, 0.15) is 46.9 Å². The van der Waals surface area contributed by atoms with Gasteiger partial charge in [-0.25, -0.2) is 26.6 Å². The van der Waals surface area contributed by atoms with E-state index in [1.54, 1.807) is 0 Å². The molecule has 0 radical (unpaired) electrons. The van der Waals surface area contributed by atoms with E-state index in [2.05, 4.69) is 15.5 Å². The van der Waals surface area contributed by atoms with Crippen molar-refractivity contribution in [2.24, 2.45) is 0 Å². The van der Waals surface area contributed by atoms with Crippen LogP contribution in [0.15, 0.2) is 22.9 Å². The maximum absolute atomic E-state index is 14.2. The number of aliphatic hydroxyl groups excluding tert-OH is 2. The summed E-state index contributed by atoms with van der Waals surface area (Å²) in [6, 6.07) is 0.428. The van der Waals surface area contributed by atoms with E-state index in [-0.39, 0.29) is 30.0 Å². The second-order valence-corrected chi connectivity index (χ2v) is 13.3. The van der Waals surface area contributed by atoms with Crippen LogP contribution in [0.25, 0.3) is 11.3 Å². The monoisotopic (exact) mass is 660 g/mol. The first kappa shape index (κ1) is 32.3. The van der Waals surface area contributed by atoms with Gasteiger partial charge >= 0.3 is 0 Å². The first-order valence-electron chi connectivity index (χ1n) is 14.6. The highest BCUT2D eigenvalue weighted by Crippen LogP contribution is 2.54. The largest absolute Gasteiger partial charge is 0.394 e. The predicted molar refractivity (Wildman–Crippen MR) is 149 cm³/mol. The third kappa shape index (κ3) is 6.12. The summed E-state index contributed by atoms with van der Waals surface area (Å²) in [5.41, 5.74) is -1.70. The van der Waals surface area contributed by atoms with E-state index >= 15 is 0 Å². The topological polar surface area (TPSA) is 136 Å². The molecule has 2 aliphatic carbocycles. The van der Waals surface area contributed by atoms with Crippen LogP contribution in [0, 0.1) is 24.4 Å². The average molecular weight is 661 g/mol. The number of alkyl halides is 2. The fourth-order valence-electron chi connectivity index (χ4n) is 6.20. The third-order valence-corrected chi connectivity index (χ3v) is 10.6. The SMILES string of the molecule is CO[C@@H]1[C@@H](n2cc(-c3cc(F)c(F)c(F)c3)nn2)[C@@H](O)[C@@H](CO)O[C@H]1S[C@@H](c1noc(C2CC2)c1C)C1(O)CCC(F)(F)CC1. The van der Waals surface area contributed by atoms with Crippen molar-refractivity contribution in [2.45, 2.75) is 97.9 Å². The minimum absolute atomic E-state index is 0.0350. The van der Waals surface area contributed by atoms with Gasteiger partial charge in [0.2, 0.25) is 5.92 Å². The molecule has 0 amide bonds. The number of nitrogens with zero attached hydrogens (tertiary/aromatic N) is 4. The Kier molecular flexibility index (Phi) is 8.75. The Labute approximate surface area is 258 Å². The van der Waals surface area contributed by atoms with Crippen LogP contribution in [0.3, 0.4) is 0 Å². The lowest BCUT2D eigenvalue weighted by Gasteiger charge is -2.46. The molecule has 45 heavy (non-hydrogen) atoms. The van der Waals surface area contributed by atoms with Gasteiger partial charge in [-0.05, 0) is 44.7 Å². The number of hydrogen-bond acceptors (Lipinski definition) is 10. The molecule has 3 aliphatic rings. The van der Waals surface area contributed by atoms with Crippen LogP contribution in [0.2, 0.25) is 0 Å². The van der Waals surface area contributed by atoms with E-state index in [9.17, 15) is 37.3 Å². The number of thioether (sulfide) groups is 1. The van der Waals surface area contributed by atoms with Crippen molar-refractivity contribution in [2.75, 3.05) is 13.7 Å². The van der Waals surface area contributed by atoms with Crippen molar-refractivity contribution >= 4 is 11.8 Å². The molecule has 2 saturated carbocycles. The van der Waals surface area contributed by atoms with E-state index in [1.165, 1.54) is 18.0 Å². The molecule has 0 spiro atoms. The second kappa shape index (κ2) is 12.2. The van der Waals surface area contributed by atoms with E-state index in [0.717, 1.165) is 36.7 Å². The van der Waals surface area contributed by atoms with E-state index in [1.807, 2.05) is 6.92 Å². The standard InChI is InChI=1S/C29H33F5N4O6S/c1-13-21(36-44-24(13)14-3-4-14)26(28(41)5-7-29(33,34)8-6-28)45-27-25(42-2)22(23(40)19(12-39)43-27)38-11-18(35-37-38)15-9-16(30)20(32)17(31)10-15/h9-11,14,19,22-23,25-27,39-41H,3-8,12H2,1-2H3/t19-,22+,23+,25-,26+,27+/m1/s1. The maximum atomic E-state index is 14.2. The Bertz CT molecular complexity index is 1500. The molecule has 1 aromatic carbocycles. The highest BCUT2D eigenvalue weighted by Gasteiger charge is 2.54. The van der Waals surface area contributed by atoms with Crippen molar-refractivity contribution in [3.05, 3.63) is 52.8 Å². The highest BCUT2D eigenvalue weighted by atomic mass is 32.2. The number of aliphatic hydroxyl groups is 3. The molecule has 246 valence electrons. The molecular formula is C29H33F5N4O6S. The molecule has 10 nitrogen and oxygen atoms in total. The summed E-state index contributed by atoms with van der Waals surface area (Å²) in [5.74, 6) is -6.53. The minimum Gasteiger partial charge on any atom is -0.394 e. The summed E-state index contributed by atoms with van der Waals surface area (Å²) >= 11 is 1.06. The van der Waals surface area contributed by atoms with Crippen LogP contribution in [0.4, 0.5) is 22.0 Å². The van der Waals surface area contributed by atoms with Crippen molar-refractivity contribution in [3.8, 4) is 11.3 Å². The Hall–Kier alpha value is -2.63. The van der Waals surface area contributed by atoms with Gasteiger partial charge in [-0.3, -0.25) is 0 Å². The molecule has 0 unspecified atom stereocenters. The summed E-state index contributed by atoms with van der Waals surface area (Å²) in [6.07, 6.45) is -2.00. The maximum Gasteiger partial charge on any atom is 0.248 e. The number of hydrogen-bond donors (Lipinski definition) is 3. The van der Waals surface area contributed by atoms with Crippen molar-refractivity contribution in [3.63, 3.8) is 0 Å². The van der Waals surface area contributed by atoms with Gasteiger partial charge < -0.3 is 29.3 Å². The molecule has 3 aromatic rings. The first-order chi connectivity index (χ1) is 21.4. The lowest BCUT2D eigenvalue weighted by atomic mass is 9.79. The molecule has 3 heterocycles. The molecular weight excluding hydrogens is 627 g/mol. The van der Waals surface area contributed by atoms with E-state index in [0.29, 0.717) is 17.0 Å². The average Bonchev–Trinajstić information content (AvgIpc) is 3.61. The first-order valence-corrected chi connectivity index (χ1v) is 15.6. The van der Waals surface area contributed by atoms with Crippen LogP contribution in [0.5, 0.6) is 0 Å². The van der Waals surface area contributed by atoms with Crippen molar-refractivity contribution in [1.82, 2.24) is 20.2 Å². The van der Waals surface area contributed by atoms with Crippen LogP contribution < -0.4 is 0 Å². The van der Waals surface area contributed by atoms with E-state index < -0.39 is 83.5 Å². The molecule has 3 N–H and O–H groups in total. The van der Waals surface area contributed by atoms with Gasteiger partial charge in [-0.15, -0.1) is 16.9 Å². The number of methoxy groups -OCH3 is 1. The summed E-state index contributed by atoms with van der Waals surface area (Å²) in [4.78, 5) is 0. The van der Waals surface area contributed by atoms with Gasteiger partial charge in [-0.2, -0.15) is 0 Å². The van der Waals surface area contributed by atoms with Crippen LogP contribution in [-0.2, 0) is 9.47 Å². The molecule has 6 rings (SSSR count). The molecule has 1 saturated heterocycles. The smallest absolute Gasteiger partial charge is 0.248 e. The fourth-order valence-corrected chi connectivity index (χ4v) is 7.94. The molecule has 16 heteroatoms. The molecule has 6 atom stereocenters. The zero-order chi connectivity index (χ0) is 32.3. The van der Waals surface area contributed by atoms with Crippen molar-refractivity contribution < 1.29 is 51.3 Å². The van der Waals surface area contributed by atoms with Gasteiger partial charge in [0, 0.05) is 37.0 Å². The second-order valence-electron chi connectivity index (χ2n) is 12.1. The van der Waals surface area contributed by atoms with Gasteiger partial charge in [0.25, 0.3) is 0 Å². The van der Waals surface area contributed by atoms with Crippen LogP contribution in [-0.4, -0.2) is 84.5 Å². The zero-order valence-electron chi connectivity index (χ0n) is 24.4. The van der Waals surface area contributed by atoms with Crippen molar-refractivity contribution in [1.29, 1.82) is 0 Å². The number of ether oxygens (including phenoxy) is 2. The Morgan fingerprint density at radius 3 is 2.40 bits per heavy atom. The third-order valence-electron chi connectivity index (χ3n) is 8.99. The fraction of sp³-hybridized carbons (Fsp3) is 0.621.